The number of carbonyl (C=O) groups excluding carboxylic acids is 1. The standard InChI is InChI=1S/C11H22O2.C3H6O2/c1-8-5-6-10(13-9(8)2)7-11(3,4)12;1-3(4)5-2/h8-10,12H,5-7H2,1-4H3;1-2H3. The van der Waals surface area contributed by atoms with E-state index in [1.165, 1.54) is 20.5 Å². The largest absolute Gasteiger partial charge is 0.469 e. The van der Waals surface area contributed by atoms with E-state index >= 15 is 0 Å². The van der Waals surface area contributed by atoms with Crippen molar-refractivity contribution in [2.24, 2.45) is 5.92 Å². The van der Waals surface area contributed by atoms with Gasteiger partial charge in [0.05, 0.1) is 24.9 Å². The minimum absolute atomic E-state index is 0.245. The van der Waals surface area contributed by atoms with Gasteiger partial charge in [-0.25, -0.2) is 0 Å². The molecule has 0 aliphatic carbocycles. The molecule has 0 aromatic heterocycles. The summed E-state index contributed by atoms with van der Waals surface area (Å²) in [7, 11) is 1.35. The van der Waals surface area contributed by atoms with Crippen LogP contribution in [-0.4, -0.2) is 36.0 Å². The number of ether oxygens (including phenoxy) is 2. The lowest BCUT2D eigenvalue weighted by Crippen LogP contribution is -2.36. The lowest BCUT2D eigenvalue weighted by molar-refractivity contribution is -0.137. The molecule has 1 aliphatic rings. The van der Waals surface area contributed by atoms with E-state index in [0.29, 0.717) is 12.0 Å². The van der Waals surface area contributed by atoms with E-state index in [4.69, 9.17) is 4.74 Å². The van der Waals surface area contributed by atoms with Crippen molar-refractivity contribution in [3.05, 3.63) is 0 Å². The van der Waals surface area contributed by atoms with Crippen LogP contribution in [0.25, 0.3) is 0 Å². The summed E-state index contributed by atoms with van der Waals surface area (Å²) in [5, 5.41) is 9.64. The Kier molecular flexibility index (Phi) is 7.48. The normalized spacial score (nSPS) is 28.1. The van der Waals surface area contributed by atoms with Crippen LogP contribution in [0.5, 0.6) is 0 Å². The second-order valence-electron chi connectivity index (χ2n) is 5.73. The van der Waals surface area contributed by atoms with Crippen LogP contribution >= 0.6 is 0 Å². The minimum atomic E-state index is -0.592. The number of aliphatic hydroxyl groups is 1. The van der Waals surface area contributed by atoms with Crippen molar-refractivity contribution in [1.29, 1.82) is 0 Å². The zero-order valence-corrected chi connectivity index (χ0v) is 12.5. The van der Waals surface area contributed by atoms with Gasteiger partial charge in [-0.1, -0.05) is 6.92 Å². The Morgan fingerprint density at radius 1 is 1.39 bits per heavy atom. The monoisotopic (exact) mass is 260 g/mol. The number of methoxy groups -OCH3 is 1. The average molecular weight is 260 g/mol. The molecule has 0 saturated carbocycles. The first-order valence-electron chi connectivity index (χ1n) is 6.58. The quantitative estimate of drug-likeness (QED) is 0.775. The van der Waals surface area contributed by atoms with Gasteiger partial charge in [-0.05, 0) is 39.5 Å². The van der Waals surface area contributed by atoms with Gasteiger partial charge in [0.1, 0.15) is 0 Å². The van der Waals surface area contributed by atoms with Crippen LogP contribution in [0.15, 0.2) is 0 Å². The first kappa shape index (κ1) is 17.4. The molecule has 1 heterocycles. The van der Waals surface area contributed by atoms with Gasteiger partial charge in [-0.2, -0.15) is 0 Å². The Labute approximate surface area is 111 Å². The van der Waals surface area contributed by atoms with Crippen LogP contribution in [0.4, 0.5) is 0 Å². The van der Waals surface area contributed by atoms with Crippen molar-refractivity contribution in [2.75, 3.05) is 7.11 Å². The number of carbonyl (C=O) groups is 1. The summed E-state index contributed by atoms with van der Waals surface area (Å²) in [6.45, 7) is 9.41. The topological polar surface area (TPSA) is 55.8 Å². The van der Waals surface area contributed by atoms with Crippen LogP contribution in [0, 0.1) is 5.92 Å². The summed E-state index contributed by atoms with van der Waals surface area (Å²) in [5.74, 6) is 0.419. The number of esters is 1. The van der Waals surface area contributed by atoms with E-state index in [0.717, 1.165) is 12.8 Å². The molecule has 4 heteroatoms. The average Bonchev–Trinajstić information content (AvgIpc) is 2.22. The SMILES string of the molecule is CC1CCC(CC(C)(C)O)OC1C.COC(C)=O. The van der Waals surface area contributed by atoms with Gasteiger partial charge < -0.3 is 14.6 Å². The highest BCUT2D eigenvalue weighted by atomic mass is 16.5. The second kappa shape index (κ2) is 7.74. The Balaban J connectivity index is 0.000000494. The molecule has 0 aromatic carbocycles. The fourth-order valence-corrected chi connectivity index (χ4v) is 1.90. The van der Waals surface area contributed by atoms with Gasteiger partial charge in [0, 0.05) is 13.3 Å². The smallest absolute Gasteiger partial charge is 0.302 e. The summed E-state index contributed by atoms with van der Waals surface area (Å²) < 4.78 is 9.93. The maximum atomic E-state index is 9.64. The van der Waals surface area contributed by atoms with Crippen LogP contribution < -0.4 is 0 Å². The molecule has 0 amide bonds. The fourth-order valence-electron chi connectivity index (χ4n) is 1.90. The third-order valence-corrected chi connectivity index (χ3v) is 3.17. The molecule has 4 nitrogen and oxygen atoms in total. The Morgan fingerprint density at radius 2 is 1.89 bits per heavy atom. The zero-order chi connectivity index (χ0) is 14.3. The summed E-state index contributed by atoms with van der Waals surface area (Å²) in [6.07, 6.45) is 3.67. The van der Waals surface area contributed by atoms with Crippen molar-refractivity contribution >= 4 is 5.97 Å². The third kappa shape index (κ3) is 8.48. The third-order valence-electron chi connectivity index (χ3n) is 3.17. The lowest BCUT2D eigenvalue weighted by atomic mass is 9.90. The van der Waals surface area contributed by atoms with Crippen LogP contribution in [0.1, 0.15) is 53.9 Å². The van der Waals surface area contributed by atoms with Gasteiger partial charge in [0.15, 0.2) is 0 Å². The van der Waals surface area contributed by atoms with Gasteiger partial charge >= 0.3 is 5.97 Å². The summed E-state index contributed by atoms with van der Waals surface area (Å²) >= 11 is 0. The molecule has 1 saturated heterocycles. The van der Waals surface area contributed by atoms with Crippen molar-refractivity contribution in [2.45, 2.75) is 71.7 Å². The molecule has 0 radical (unpaired) electrons. The maximum absolute atomic E-state index is 9.64. The summed E-state index contributed by atoms with van der Waals surface area (Å²) in [5.41, 5.74) is -0.592. The van der Waals surface area contributed by atoms with E-state index in [1.54, 1.807) is 0 Å². The van der Waals surface area contributed by atoms with Crippen molar-refractivity contribution < 1.29 is 19.4 Å². The van der Waals surface area contributed by atoms with E-state index < -0.39 is 5.60 Å². The van der Waals surface area contributed by atoms with Crippen molar-refractivity contribution in [1.82, 2.24) is 0 Å². The molecule has 1 fully saturated rings. The highest BCUT2D eigenvalue weighted by Crippen LogP contribution is 2.28. The molecule has 0 spiro atoms. The van der Waals surface area contributed by atoms with E-state index in [-0.39, 0.29) is 12.1 Å². The fraction of sp³-hybridized carbons (Fsp3) is 0.929. The first-order chi connectivity index (χ1) is 8.15. The Morgan fingerprint density at radius 3 is 2.22 bits per heavy atom. The van der Waals surface area contributed by atoms with Crippen molar-refractivity contribution in [3.8, 4) is 0 Å². The predicted molar refractivity (Wildman–Crippen MR) is 71.3 cm³/mol. The highest BCUT2D eigenvalue weighted by molar-refractivity contribution is 5.65. The van der Waals surface area contributed by atoms with E-state index in [9.17, 15) is 9.90 Å². The molecular weight excluding hydrogens is 232 g/mol. The number of hydrogen-bond donors (Lipinski definition) is 1. The molecule has 1 aliphatic heterocycles. The second-order valence-corrected chi connectivity index (χ2v) is 5.73. The molecule has 0 aromatic rings. The Bertz CT molecular complexity index is 245. The molecule has 1 N–H and O–H groups in total. The number of hydrogen-bond acceptors (Lipinski definition) is 4. The van der Waals surface area contributed by atoms with Gasteiger partial charge in [-0.3, -0.25) is 4.79 Å². The highest BCUT2D eigenvalue weighted by Gasteiger charge is 2.28. The predicted octanol–water partition coefficient (Wildman–Crippen LogP) is 2.53. The zero-order valence-electron chi connectivity index (χ0n) is 12.5. The molecule has 3 unspecified atom stereocenters. The van der Waals surface area contributed by atoms with Crippen LogP contribution in [-0.2, 0) is 14.3 Å². The molecule has 18 heavy (non-hydrogen) atoms. The summed E-state index contributed by atoms with van der Waals surface area (Å²) in [6, 6.07) is 0. The number of rotatable bonds is 2. The molecular formula is C14H28O4. The van der Waals surface area contributed by atoms with Gasteiger partial charge in [-0.15, -0.1) is 0 Å². The van der Waals surface area contributed by atoms with Gasteiger partial charge in [0.2, 0.25) is 0 Å². The van der Waals surface area contributed by atoms with E-state index in [1.807, 2.05) is 13.8 Å². The lowest BCUT2D eigenvalue weighted by Gasteiger charge is -2.35. The van der Waals surface area contributed by atoms with Gasteiger partial charge in [0.25, 0.3) is 0 Å². The first-order valence-corrected chi connectivity index (χ1v) is 6.58. The van der Waals surface area contributed by atoms with E-state index in [2.05, 4.69) is 18.6 Å². The minimum Gasteiger partial charge on any atom is -0.469 e. The van der Waals surface area contributed by atoms with Crippen LogP contribution in [0.2, 0.25) is 0 Å². The van der Waals surface area contributed by atoms with Crippen molar-refractivity contribution in [3.63, 3.8) is 0 Å². The molecule has 108 valence electrons. The molecule has 1 rings (SSSR count). The molecule has 0 bridgehead atoms. The van der Waals surface area contributed by atoms with Crippen LogP contribution in [0.3, 0.4) is 0 Å². The summed E-state index contributed by atoms with van der Waals surface area (Å²) in [4.78, 5) is 9.59. The molecule has 3 atom stereocenters. The Hall–Kier alpha value is -0.610. The maximum Gasteiger partial charge on any atom is 0.302 e.